The van der Waals surface area contributed by atoms with E-state index in [4.69, 9.17) is 5.73 Å². The van der Waals surface area contributed by atoms with E-state index in [2.05, 4.69) is 25.8 Å². The molecular formula is C16H25N3O2. The second-order valence-electron chi connectivity index (χ2n) is 6.96. The summed E-state index contributed by atoms with van der Waals surface area (Å²) in [5, 5.41) is 10.9. The molecule has 1 aromatic rings. The Balaban J connectivity index is 2.01. The van der Waals surface area contributed by atoms with Gasteiger partial charge in [-0.25, -0.2) is 0 Å². The number of nitrogens with zero attached hydrogens (tertiary/aromatic N) is 2. The van der Waals surface area contributed by atoms with Crippen LogP contribution in [0.5, 0.6) is 0 Å². The molecular weight excluding hydrogens is 266 g/mol. The summed E-state index contributed by atoms with van der Waals surface area (Å²) in [6, 6.07) is 5.67. The maximum Gasteiger partial charge on any atom is 0.292 e. The molecule has 0 aliphatic heterocycles. The van der Waals surface area contributed by atoms with E-state index in [1.165, 1.54) is 25.7 Å². The Labute approximate surface area is 126 Å². The van der Waals surface area contributed by atoms with Crippen molar-refractivity contribution in [1.29, 1.82) is 0 Å². The zero-order valence-corrected chi connectivity index (χ0v) is 13.1. The van der Waals surface area contributed by atoms with E-state index in [9.17, 15) is 10.1 Å². The van der Waals surface area contributed by atoms with Crippen molar-refractivity contribution in [3.8, 4) is 0 Å². The van der Waals surface area contributed by atoms with Gasteiger partial charge in [-0.15, -0.1) is 0 Å². The van der Waals surface area contributed by atoms with Gasteiger partial charge in [-0.3, -0.25) is 15.0 Å². The van der Waals surface area contributed by atoms with Crippen LogP contribution < -0.4 is 5.73 Å². The molecule has 0 radical (unpaired) electrons. The minimum atomic E-state index is -0.415. The topological polar surface area (TPSA) is 72.4 Å². The molecule has 0 heterocycles. The number of hydrogen-bond acceptors (Lipinski definition) is 4. The predicted octanol–water partition coefficient (Wildman–Crippen LogP) is 3.58. The highest BCUT2D eigenvalue weighted by molar-refractivity contribution is 5.59. The first-order chi connectivity index (χ1) is 9.78. The molecule has 0 unspecified atom stereocenters. The van der Waals surface area contributed by atoms with E-state index in [0.29, 0.717) is 11.5 Å². The highest BCUT2D eigenvalue weighted by Crippen LogP contribution is 2.37. The van der Waals surface area contributed by atoms with Crippen LogP contribution in [0.3, 0.4) is 0 Å². The highest BCUT2D eigenvalue weighted by atomic mass is 16.6. The van der Waals surface area contributed by atoms with E-state index in [1.807, 2.05) is 6.07 Å². The Bertz CT molecular complexity index is 518. The fourth-order valence-corrected chi connectivity index (χ4v) is 3.09. The zero-order chi connectivity index (χ0) is 15.6. The van der Waals surface area contributed by atoms with Crippen LogP contribution in [0.4, 0.5) is 11.4 Å². The molecule has 21 heavy (non-hydrogen) atoms. The van der Waals surface area contributed by atoms with Gasteiger partial charge in [0.25, 0.3) is 5.69 Å². The Kier molecular flexibility index (Phi) is 4.52. The summed E-state index contributed by atoms with van der Waals surface area (Å²) in [7, 11) is 2.10. The molecule has 2 rings (SSSR count). The van der Waals surface area contributed by atoms with Gasteiger partial charge >= 0.3 is 0 Å². The largest absolute Gasteiger partial charge is 0.393 e. The molecule has 116 valence electrons. The summed E-state index contributed by atoms with van der Waals surface area (Å²) in [4.78, 5) is 12.8. The quantitative estimate of drug-likeness (QED) is 0.523. The first kappa shape index (κ1) is 15.8. The molecule has 0 spiro atoms. The summed E-state index contributed by atoms with van der Waals surface area (Å²) in [6.07, 6.45) is 4.87. The second kappa shape index (κ2) is 6.02. The van der Waals surface area contributed by atoms with Crippen LogP contribution in [-0.2, 0) is 6.54 Å². The maximum absolute atomic E-state index is 10.9. The lowest BCUT2D eigenvalue weighted by Crippen LogP contribution is -2.36. The van der Waals surface area contributed by atoms with Gasteiger partial charge in [-0.05, 0) is 49.8 Å². The number of benzene rings is 1. The Morgan fingerprint density at radius 3 is 2.57 bits per heavy atom. The molecule has 0 bridgehead atoms. The van der Waals surface area contributed by atoms with Crippen LogP contribution in [-0.4, -0.2) is 22.9 Å². The lowest BCUT2D eigenvalue weighted by atomic mass is 9.75. The van der Waals surface area contributed by atoms with Gasteiger partial charge in [0.2, 0.25) is 0 Å². The summed E-state index contributed by atoms with van der Waals surface area (Å²) in [5.74, 6) is 0. The van der Waals surface area contributed by atoms with Gasteiger partial charge in [-0.1, -0.05) is 19.9 Å². The molecule has 0 atom stereocenters. The molecule has 1 fully saturated rings. The number of nitro benzene ring substituents is 1. The first-order valence-electron chi connectivity index (χ1n) is 7.51. The smallest absolute Gasteiger partial charge is 0.292 e. The van der Waals surface area contributed by atoms with Gasteiger partial charge < -0.3 is 5.73 Å². The predicted molar refractivity (Wildman–Crippen MR) is 85.0 cm³/mol. The van der Waals surface area contributed by atoms with Gasteiger partial charge in [-0.2, -0.15) is 0 Å². The molecule has 0 saturated heterocycles. The SMILES string of the molecule is CN(Cc1ccc(N)c([N+](=O)[O-])c1)C1CCC(C)(C)CC1. The molecule has 1 aliphatic carbocycles. The summed E-state index contributed by atoms with van der Waals surface area (Å²) < 4.78 is 0. The third-order valence-corrected chi connectivity index (χ3v) is 4.66. The van der Waals surface area contributed by atoms with Crippen molar-refractivity contribution >= 4 is 11.4 Å². The molecule has 2 N–H and O–H groups in total. The Morgan fingerprint density at radius 2 is 2.00 bits per heavy atom. The third-order valence-electron chi connectivity index (χ3n) is 4.66. The Morgan fingerprint density at radius 1 is 1.38 bits per heavy atom. The van der Waals surface area contributed by atoms with Crippen molar-refractivity contribution in [2.45, 2.75) is 52.1 Å². The summed E-state index contributed by atoms with van der Waals surface area (Å²) >= 11 is 0. The van der Waals surface area contributed by atoms with Crippen molar-refractivity contribution < 1.29 is 4.92 Å². The van der Waals surface area contributed by atoms with E-state index in [-0.39, 0.29) is 11.4 Å². The molecule has 1 aliphatic rings. The van der Waals surface area contributed by atoms with Gasteiger partial charge in [0.05, 0.1) is 4.92 Å². The average Bonchev–Trinajstić information content (AvgIpc) is 2.40. The lowest BCUT2D eigenvalue weighted by Gasteiger charge is -2.38. The average molecular weight is 291 g/mol. The molecule has 1 aromatic carbocycles. The van der Waals surface area contributed by atoms with E-state index in [1.54, 1.807) is 12.1 Å². The minimum Gasteiger partial charge on any atom is -0.393 e. The molecule has 1 saturated carbocycles. The molecule has 5 nitrogen and oxygen atoms in total. The Hall–Kier alpha value is -1.62. The van der Waals surface area contributed by atoms with Gasteiger partial charge in [0.1, 0.15) is 5.69 Å². The van der Waals surface area contributed by atoms with Gasteiger partial charge in [0.15, 0.2) is 0 Å². The molecule has 0 aromatic heterocycles. The van der Waals surface area contributed by atoms with Crippen molar-refractivity contribution in [2.24, 2.45) is 5.41 Å². The number of hydrogen-bond donors (Lipinski definition) is 1. The number of nitrogens with two attached hydrogens (primary N) is 1. The van der Waals surface area contributed by atoms with Crippen LogP contribution in [0.1, 0.15) is 45.1 Å². The highest BCUT2D eigenvalue weighted by Gasteiger charge is 2.28. The van der Waals surface area contributed by atoms with Crippen molar-refractivity contribution in [3.05, 3.63) is 33.9 Å². The van der Waals surface area contributed by atoms with Crippen molar-refractivity contribution in [1.82, 2.24) is 4.90 Å². The summed E-state index contributed by atoms with van der Waals surface area (Å²) in [6.45, 7) is 5.38. The van der Waals surface area contributed by atoms with Crippen molar-refractivity contribution in [3.63, 3.8) is 0 Å². The maximum atomic E-state index is 10.9. The number of nitro groups is 1. The van der Waals surface area contributed by atoms with Crippen LogP contribution in [0.25, 0.3) is 0 Å². The van der Waals surface area contributed by atoms with Crippen LogP contribution >= 0.6 is 0 Å². The fourth-order valence-electron chi connectivity index (χ4n) is 3.09. The molecule has 5 heteroatoms. The summed E-state index contributed by atoms with van der Waals surface area (Å²) in [5.41, 5.74) is 7.27. The zero-order valence-electron chi connectivity index (χ0n) is 13.1. The number of nitrogen functional groups attached to an aromatic ring is 1. The van der Waals surface area contributed by atoms with Gasteiger partial charge in [0, 0.05) is 18.7 Å². The van der Waals surface area contributed by atoms with Crippen LogP contribution in [0.2, 0.25) is 0 Å². The monoisotopic (exact) mass is 291 g/mol. The lowest BCUT2D eigenvalue weighted by molar-refractivity contribution is -0.384. The minimum absolute atomic E-state index is 0.00526. The van der Waals surface area contributed by atoms with Crippen LogP contribution in [0.15, 0.2) is 18.2 Å². The second-order valence-corrected chi connectivity index (χ2v) is 6.96. The normalized spacial score (nSPS) is 18.9. The van der Waals surface area contributed by atoms with Crippen molar-refractivity contribution in [2.75, 3.05) is 12.8 Å². The fraction of sp³-hybridized carbons (Fsp3) is 0.625. The van der Waals surface area contributed by atoms with E-state index in [0.717, 1.165) is 12.1 Å². The first-order valence-corrected chi connectivity index (χ1v) is 7.51. The van der Waals surface area contributed by atoms with E-state index >= 15 is 0 Å². The number of anilines is 1. The van der Waals surface area contributed by atoms with E-state index < -0.39 is 4.92 Å². The number of rotatable bonds is 4. The van der Waals surface area contributed by atoms with Crippen LogP contribution in [0, 0.1) is 15.5 Å². The standard InChI is InChI=1S/C16H25N3O2/c1-16(2)8-6-13(7-9-16)18(3)11-12-4-5-14(17)15(10-12)19(20)21/h4-5,10,13H,6-9,11,17H2,1-3H3. The molecule has 0 amide bonds. The third kappa shape index (κ3) is 3.94.